The summed E-state index contributed by atoms with van der Waals surface area (Å²) in [5, 5.41) is 18.6. The number of carboxylic acid groups (broad SMARTS) is 1. The van der Waals surface area contributed by atoms with E-state index in [0.29, 0.717) is 29.6 Å². The first-order valence-corrected chi connectivity index (χ1v) is 13.9. The number of benzene rings is 2. The third-order valence-corrected chi connectivity index (χ3v) is 6.88. The van der Waals surface area contributed by atoms with Crippen molar-refractivity contribution < 1.29 is 33.1 Å². The molecule has 1 fully saturated rings. The Hall–Kier alpha value is -4.91. The fourth-order valence-electron chi connectivity index (χ4n) is 4.59. The number of rotatable bonds is 14. The van der Waals surface area contributed by atoms with Gasteiger partial charge in [-0.25, -0.2) is 4.39 Å². The van der Waals surface area contributed by atoms with Crippen molar-refractivity contribution in [1.82, 2.24) is 25.8 Å². The monoisotopic (exact) mass is 590 g/mol. The Morgan fingerprint density at radius 1 is 1.16 bits per heavy atom. The van der Waals surface area contributed by atoms with Gasteiger partial charge in [-0.05, 0) is 43.0 Å². The van der Waals surface area contributed by atoms with Gasteiger partial charge in [-0.1, -0.05) is 35.5 Å². The standard InChI is InChI=1S/C30H31FN6O6/c31-19-13-21-22(34-15-19)8-9-24(42-16-20(32)12-17-4-2-1-3-5-17)27(21)30(41)35-23(14-26(38)39)29(40)33-11-10-25-36-28(37-43-25)18-6-7-18/h1-5,8-9,13,15,18,20,23H,6-7,10-12,14,16,32H2,(H,33,40)(H,35,41)(H,38,39)/t20-,23+/m1/s1. The Kier molecular flexibility index (Phi) is 9.20. The zero-order chi connectivity index (χ0) is 30.3. The highest BCUT2D eigenvalue weighted by atomic mass is 19.1. The molecule has 5 rings (SSSR count). The summed E-state index contributed by atoms with van der Waals surface area (Å²) in [6.07, 6.45) is 3.09. The van der Waals surface area contributed by atoms with E-state index >= 15 is 0 Å². The number of carbonyl (C=O) groups is 3. The van der Waals surface area contributed by atoms with Gasteiger partial charge in [-0.15, -0.1) is 0 Å². The predicted molar refractivity (Wildman–Crippen MR) is 152 cm³/mol. The quantitative estimate of drug-likeness (QED) is 0.170. The minimum absolute atomic E-state index is 0.0284. The fraction of sp³-hybridized carbons (Fsp3) is 0.333. The lowest BCUT2D eigenvalue weighted by atomic mass is 10.0. The highest BCUT2D eigenvalue weighted by Crippen LogP contribution is 2.38. The second kappa shape index (κ2) is 13.4. The summed E-state index contributed by atoms with van der Waals surface area (Å²) in [5.41, 5.74) is 7.48. The number of carbonyl (C=O) groups excluding carboxylic acids is 2. The summed E-state index contributed by atoms with van der Waals surface area (Å²) >= 11 is 0. The average Bonchev–Trinajstić information content (AvgIpc) is 3.73. The smallest absolute Gasteiger partial charge is 0.305 e. The first-order chi connectivity index (χ1) is 20.8. The fourth-order valence-corrected chi connectivity index (χ4v) is 4.59. The van der Waals surface area contributed by atoms with Crippen molar-refractivity contribution in [2.24, 2.45) is 5.73 Å². The number of hydrogen-bond donors (Lipinski definition) is 4. The Morgan fingerprint density at radius 3 is 2.70 bits per heavy atom. The average molecular weight is 591 g/mol. The van der Waals surface area contributed by atoms with Crippen molar-refractivity contribution in [3.05, 3.63) is 83.4 Å². The Labute approximate surface area is 245 Å². The first-order valence-electron chi connectivity index (χ1n) is 13.9. The van der Waals surface area contributed by atoms with Crippen molar-refractivity contribution in [2.45, 2.75) is 50.1 Å². The molecule has 2 amide bonds. The topological polar surface area (TPSA) is 183 Å². The number of ether oxygens (including phenoxy) is 1. The van der Waals surface area contributed by atoms with Crippen LogP contribution in [-0.4, -0.2) is 63.3 Å². The number of nitrogens with one attached hydrogen (secondary N) is 2. The van der Waals surface area contributed by atoms with Gasteiger partial charge in [0.15, 0.2) is 5.82 Å². The molecule has 1 aliphatic rings. The number of aliphatic carboxylic acids is 1. The summed E-state index contributed by atoms with van der Waals surface area (Å²) in [4.78, 5) is 46.5. The SMILES string of the molecule is N[C@@H](COc1ccc2ncc(F)cc2c1C(=O)N[C@@H](CC(=O)O)C(=O)NCCc1nc(C2CC2)no1)Cc1ccccc1. The lowest BCUT2D eigenvalue weighted by molar-refractivity contribution is -0.139. The number of aromatic nitrogens is 3. The molecule has 2 aromatic carbocycles. The molecule has 0 bridgehead atoms. The van der Waals surface area contributed by atoms with Crippen LogP contribution in [0, 0.1) is 5.82 Å². The van der Waals surface area contributed by atoms with Crippen LogP contribution in [0.1, 0.15) is 52.8 Å². The second-order valence-corrected chi connectivity index (χ2v) is 10.4. The number of carboxylic acids is 1. The van der Waals surface area contributed by atoms with Crippen LogP contribution in [0.4, 0.5) is 4.39 Å². The molecule has 0 spiro atoms. The molecule has 43 heavy (non-hydrogen) atoms. The summed E-state index contributed by atoms with van der Waals surface area (Å²) in [6.45, 7) is 0.106. The van der Waals surface area contributed by atoms with E-state index in [4.69, 9.17) is 15.0 Å². The zero-order valence-electron chi connectivity index (χ0n) is 23.2. The van der Waals surface area contributed by atoms with E-state index in [1.54, 1.807) is 6.07 Å². The molecule has 1 aliphatic carbocycles. The molecule has 13 heteroatoms. The molecule has 224 valence electrons. The molecule has 1 saturated carbocycles. The maximum absolute atomic E-state index is 14.2. The highest BCUT2D eigenvalue weighted by Gasteiger charge is 2.29. The molecule has 0 unspecified atom stereocenters. The van der Waals surface area contributed by atoms with Gasteiger partial charge < -0.3 is 30.7 Å². The Balaban J connectivity index is 1.30. The first kappa shape index (κ1) is 29.6. The van der Waals surface area contributed by atoms with Crippen LogP contribution in [0.5, 0.6) is 5.75 Å². The van der Waals surface area contributed by atoms with Crippen LogP contribution in [0.3, 0.4) is 0 Å². The van der Waals surface area contributed by atoms with Crippen LogP contribution in [-0.2, 0) is 22.4 Å². The van der Waals surface area contributed by atoms with Crippen molar-refractivity contribution in [3.63, 3.8) is 0 Å². The number of nitrogens with zero attached hydrogens (tertiary/aromatic N) is 3. The Bertz CT molecular complexity index is 1610. The van der Waals surface area contributed by atoms with Crippen molar-refractivity contribution in [3.8, 4) is 5.75 Å². The van der Waals surface area contributed by atoms with E-state index in [0.717, 1.165) is 30.7 Å². The normalized spacial score (nSPS) is 14.2. The van der Waals surface area contributed by atoms with E-state index in [1.165, 1.54) is 6.07 Å². The molecule has 0 radical (unpaired) electrons. The molecule has 0 saturated heterocycles. The maximum Gasteiger partial charge on any atom is 0.305 e. The van der Waals surface area contributed by atoms with Crippen LogP contribution in [0.15, 0.2) is 59.3 Å². The minimum atomic E-state index is -1.44. The Morgan fingerprint density at radius 2 is 1.95 bits per heavy atom. The van der Waals surface area contributed by atoms with E-state index < -0.39 is 42.1 Å². The number of fused-ring (bicyclic) bond motifs is 1. The van der Waals surface area contributed by atoms with Crippen LogP contribution >= 0.6 is 0 Å². The molecule has 0 aliphatic heterocycles. The second-order valence-electron chi connectivity index (χ2n) is 10.4. The van der Waals surface area contributed by atoms with Gasteiger partial charge in [0.25, 0.3) is 5.91 Å². The molecule has 12 nitrogen and oxygen atoms in total. The van der Waals surface area contributed by atoms with E-state index in [9.17, 15) is 23.9 Å². The van der Waals surface area contributed by atoms with Crippen molar-refractivity contribution in [1.29, 1.82) is 0 Å². The molecule has 4 aromatic rings. The van der Waals surface area contributed by atoms with E-state index in [-0.39, 0.29) is 36.3 Å². The zero-order valence-corrected chi connectivity index (χ0v) is 23.2. The van der Waals surface area contributed by atoms with Gasteiger partial charge in [0.1, 0.15) is 24.2 Å². The number of hydrogen-bond acceptors (Lipinski definition) is 9. The van der Waals surface area contributed by atoms with Gasteiger partial charge in [0.2, 0.25) is 11.8 Å². The third kappa shape index (κ3) is 7.89. The van der Waals surface area contributed by atoms with Crippen LogP contribution in [0.25, 0.3) is 10.9 Å². The highest BCUT2D eigenvalue weighted by molar-refractivity contribution is 6.10. The third-order valence-electron chi connectivity index (χ3n) is 6.88. The molecule has 2 aromatic heterocycles. The number of halogens is 1. The maximum atomic E-state index is 14.2. The minimum Gasteiger partial charge on any atom is -0.491 e. The van der Waals surface area contributed by atoms with Gasteiger partial charge in [0, 0.05) is 30.3 Å². The summed E-state index contributed by atoms with van der Waals surface area (Å²) in [6, 6.07) is 11.9. The van der Waals surface area contributed by atoms with E-state index in [2.05, 4.69) is 25.8 Å². The number of amides is 2. The molecule has 2 heterocycles. The van der Waals surface area contributed by atoms with Crippen molar-refractivity contribution in [2.75, 3.05) is 13.2 Å². The van der Waals surface area contributed by atoms with Gasteiger partial charge in [0.05, 0.1) is 23.7 Å². The van der Waals surface area contributed by atoms with Gasteiger partial charge in [-0.2, -0.15) is 4.98 Å². The van der Waals surface area contributed by atoms with Crippen LogP contribution in [0.2, 0.25) is 0 Å². The summed E-state index contributed by atoms with van der Waals surface area (Å²) < 4.78 is 25.4. The number of pyridine rings is 1. The molecular weight excluding hydrogens is 559 g/mol. The lowest BCUT2D eigenvalue weighted by Gasteiger charge is -2.20. The summed E-state index contributed by atoms with van der Waals surface area (Å²) in [7, 11) is 0. The predicted octanol–water partition coefficient (Wildman–Crippen LogP) is 2.52. The number of nitrogens with two attached hydrogens (primary N) is 1. The van der Waals surface area contributed by atoms with Gasteiger partial charge in [-0.3, -0.25) is 19.4 Å². The molecule has 2 atom stereocenters. The lowest BCUT2D eigenvalue weighted by Crippen LogP contribution is -2.48. The molecule has 5 N–H and O–H groups in total. The molecular formula is C30H31FN6O6. The van der Waals surface area contributed by atoms with E-state index in [1.807, 2.05) is 30.3 Å². The van der Waals surface area contributed by atoms with Crippen molar-refractivity contribution >= 4 is 28.7 Å². The van der Waals surface area contributed by atoms with Crippen LogP contribution < -0.4 is 21.1 Å². The largest absolute Gasteiger partial charge is 0.491 e. The summed E-state index contributed by atoms with van der Waals surface area (Å²) in [5.74, 6) is -2.18. The van der Waals surface area contributed by atoms with Gasteiger partial charge >= 0.3 is 5.97 Å².